The predicted molar refractivity (Wildman–Crippen MR) is 281 cm³/mol. The van der Waals surface area contributed by atoms with Crippen LogP contribution in [0, 0.1) is 0 Å². The van der Waals surface area contributed by atoms with E-state index in [1.807, 2.05) is 60.7 Å². The molecule has 0 radical (unpaired) electrons. The third kappa shape index (κ3) is 6.38. The maximum absolute atomic E-state index is 7.00. The maximum atomic E-state index is 7.00. The smallest absolute Gasteiger partial charge is 0.164 e. The lowest BCUT2D eigenvalue weighted by Crippen LogP contribution is -2.01. The topological polar surface area (TPSA) is 69.9 Å². The van der Waals surface area contributed by atoms with Crippen LogP contribution in [0.15, 0.2) is 239 Å². The molecular formula is C63H38N4O2. The summed E-state index contributed by atoms with van der Waals surface area (Å²) < 4.78 is 16.2. The molecule has 6 nitrogen and oxygen atoms in total. The fourth-order valence-electron chi connectivity index (χ4n) is 10.2. The third-order valence-corrected chi connectivity index (χ3v) is 13.5. The highest BCUT2D eigenvalue weighted by Gasteiger charge is 2.25. The zero-order valence-corrected chi connectivity index (χ0v) is 37.0. The van der Waals surface area contributed by atoms with Gasteiger partial charge in [-0.05, 0) is 76.3 Å². The second kappa shape index (κ2) is 15.6. The van der Waals surface area contributed by atoms with Crippen LogP contribution < -0.4 is 0 Å². The Labute approximate surface area is 396 Å². The van der Waals surface area contributed by atoms with Gasteiger partial charge in [0, 0.05) is 54.6 Å². The summed E-state index contributed by atoms with van der Waals surface area (Å²) in [5.74, 6) is 1.70. The van der Waals surface area contributed by atoms with Crippen LogP contribution in [0.5, 0.6) is 0 Å². The molecule has 6 heteroatoms. The largest absolute Gasteiger partial charge is 0.456 e. The first-order valence-electron chi connectivity index (χ1n) is 23.2. The van der Waals surface area contributed by atoms with Crippen molar-refractivity contribution < 1.29 is 8.83 Å². The van der Waals surface area contributed by atoms with Gasteiger partial charge in [0.25, 0.3) is 0 Å². The van der Waals surface area contributed by atoms with Crippen molar-refractivity contribution in [2.75, 3.05) is 0 Å². The lowest BCUT2D eigenvalue weighted by Gasteiger charge is -2.16. The van der Waals surface area contributed by atoms with E-state index in [4.69, 9.17) is 23.8 Å². The molecule has 0 aliphatic carbocycles. The normalized spacial score (nSPS) is 11.8. The Morgan fingerprint density at radius 3 is 1.54 bits per heavy atom. The van der Waals surface area contributed by atoms with Crippen molar-refractivity contribution in [3.63, 3.8) is 0 Å². The molecule has 10 aromatic carbocycles. The summed E-state index contributed by atoms with van der Waals surface area (Å²) in [5, 5.41) is 6.32. The molecule has 0 amide bonds. The quantitative estimate of drug-likeness (QED) is 0.159. The molecule has 14 aromatic rings. The molecule has 14 rings (SSSR count). The van der Waals surface area contributed by atoms with E-state index in [1.54, 1.807) is 0 Å². The molecule has 4 aromatic heterocycles. The van der Waals surface area contributed by atoms with Crippen LogP contribution in [-0.4, -0.2) is 19.5 Å². The number of rotatable bonds is 7. The van der Waals surface area contributed by atoms with Crippen molar-refractivity contribution in [2.45, 2.75) is 0 Å². The summed E-state index contributed by atoms with van der Waals surface area (Å²) in [7, 11) is 0. The van der Waals surface area contributed by atoms with Gasteiger partial charge in [0.1, 0.15) is 16.7 Å². The molecule has 0 saturated carbocycles. The van der Waals surface area contributed by atoms with Crippen molar-refractivity contribution >= 4 is 65.7 Å². The minimum atomic E-state index is 0.543. The maximum Gasteiger partial charge on any atom is 0.164 e. The molecule has 69 heavy (non-hydrogen) atoms. The summed E-state index contributed by atoms with van der Waals surface area (Å²) in [6.45, 7) is 0. The van der Waals surface area contributed by atoms with E-state index in [9.17, 15) is 0 Å². The van der Waals surface area contributed by atoms with Crippen LogP contribution in [0.4, 0.5) is 0 Å². The number of aromatic nitrogens is 4. The van der Waals surface area contributed by atoms with Gasteiger partial charge in [-0.3, -0.25) is 0 Å². The number of benzene rings is 10. The van der Waals surface area contributed by atoms with Crippen LogP contribution in [-0.2, 0) is 0 Å². The Morgan fingerprint density at radius 1 is 0.290 bits per heavy atom. The standard InChI is InChI=1S/C63H38N4O2/c1-4-16-39(17-5-1)41-28-30-43(31-29-41)62-64-61(42-20-8-3-9-21-42)65-63(66-62)52-37-45(38-57-58(52)50-24-12-15-27-56(50)68-57)46-33-34-49-48-23-11-14-26-55(48)69-60(49)59(46)67-53-25-13-10-22-47(53)51-36-44(32-35-54(51)67)40-18-6-2-7-19-40/h1-38H. The first-order chi connectivity index (χ1) is 34.2. The summed E-state index contributed by atoms with van der Waals surface area (Å²) >= 11 is 0. The zero-order valence-electron chi connectivity index (χ0n) is 37.0. The molecule has 0 spiro atoms. The molecule has 0 aliphatic rings. The van der Waals surface area contributed by atoms with Gasteiger partial charge in [-0.1, -0.05) is 182 Å². The van der Waals surface area contributed by atoms with Crippen molar-refractivity contribution in [1.82, 2.24) is 19.5 Å². The van der Waals surface area contributed by atoms with Gasteiger partial charge in [-0.2, -0.15) is 0 Å². The van der Waals surface area contributed by atoms with Crippen LogP contribution >= 0.6 is 0 Å². The molecule has 322 valence electrons. The van der Waals surface area contributed by atoms with Crippen LogP contribution in [0.25, 0.3) is 139 Å². The van der Waals surface area contributed by atoms with E-state index < -0.39 is 0 Å². The van der Waals surface area contributed by atoms with E-state index >= 15 is 0 Å². The van der Waals surface area contributed by atoms with Crippen molar-refractivity contribution in [1.29, 1.82) is 0 Å². The molecule has 4 heterocycles. The molecule has 0 bridgehead atoms. The second-order valence-electron chi connectivity index (χ2n) is 17.5. The SMILES string of the molecule is c1ccc(-c2ccc(-c3nc(-c4ccccc4)nc(-c4cc(-c5ccc6c(oc7ccccc76)c5-n5c6ccccc6c6cc(-c7ccccc7)ccc65)cc5oc6ccccc6c45)n3)cc2)cc1. The lowest BCUT2D eigenvalue weighted by molar-refractivity contribution is 0.666. The van der Waals surface area contributed by atoms with Gasteiger partial charge in [0.05, 0.1) is 16.7 Å². The van der Waals surface area contributed by atoms with Crippen LogP contribution in [0.2, 0.25) is 0 Å². The summed E-state index contributed by atoms with van der Waals surface area (Å²) in [5.41, 5.74) is 15.3. The molecule has 0 atom stereocenters. The Kier molecular flexibility index (Phi) is 8.79. The Bertz CT molecular complexity index is 4290. The monoisotopic (exact) mass is 882 g/mol. The van der Waals surface area contributed by atoms with Gasteiger partial charge >= 0.3 is 0 Å². The Hall–Kier alpha value is -9.39. The first-order valence-corrected chi connectivity index (χ1v) is 23.2. The summed E-state index contributed by atoms with van der Waals surface area (Å²) in [4.78, 5) is 15.8. The van der Waals surface area contributed by atoms with E-state index in [2.05, 4.69) is 174 Å². The Morgan fingerprint density at radius 2 is 0.812 bits per heavy atom. The van der Waals surface area contributed by atoms with Crippen LogP contribution in [0.1, 0.15) is 0 Å². The highest BCUT2D eigenvalue weighted by molar-refractivity contribution is 6.17. The molecule has 0 unspecified atom stereocenters. The number of hydrogen-bond donors (Lipinski definition) is 0. The fourth-order valence-corrected chi connectivity index (χ4v) is 10.2. The number of para-hydroxylation sites is 3. The molecule has 0 saturated heterocycles. The summed E-state index contributed by atoms with van der Waals surface area (Å²) in [6, 6.07) is 80.3. The average molecular weight is 883 g/mol. The van der Waals surface area contributed by atoms with Gasteiger partial charge in [-0.15, -0.1) is 0 Å². The third-order valence-electron chi connectivity index (χ3n) is 13.5. The molecule has 0 N–H and O–H groups in total. The van der Waals surface area contributed by atoms with E-state index in [-0.39, 0.29) is 0 Å². The van der Waals surface area contributed by atoms with Crippen molar-refractivity contribution in [2.24, 2.45) is 0 Å². The molecular weight excluding hydrogens is 845 g/mol. The minimum absolute atomic E-state index is 0.543. The highest BCUT2D eigenvalue weighted by Crippen LogP contribution is 2.46. The lowest BCUT2D eigenvalue weighted by atomic mass is 9.95. The van der Waals surface area contributed by atoms with Gasteiger partial charge < -0.3 is 13.4 Å². The summed E-state index contributed by atoms with van der Waals surface area (Å²) in [6.07, 6.45) is 0. The van der Waals surface area contributed by atoms with Gasteiger partial charge in [-0.25, -0.2) is 15.0 Å². The highest BCUT2D eigenvalue weighted by atomic mass is 16.3. The molecule has 0 fully saturated rings. The van der Waals surface area contributed by atoms with E-state index in [0.717, 1.165) is 116 Å². The van der Waals surface area contributed by atoms with E-state index in [0.29, 0.717) is 17.5 Å². The second-order valence-corrected chi connectivity index (χ2v) is 17.5. The number of furan rings is 2. The van der Waals surface area contributed by atoms with Crippen molar-refractivity contribution in [3.05, 3.63) is 231 Å². The van der Waals surface area contributed by atoms with Crippen LogP contribution in [0.3, 0.4) is 0 Å². The molecule has 0 aliphatic heterocycles. The Balaban J connectivity index is 1.05. The van der Waals surface area contributed by atoms with Gasteiger partial charge in [0.15, 0.2) is 23.1 Å². The first kappa shape index (κ1) is 38.8. The fraction of sp³-hybridized carbons (Fsp3) is 0. The van der Waals surface area contributed by atoms with Crippen molar-refractivity contribution in [3.8, 4) is 73.2 Å². The number of fused-ring (bicyclic) bond motifs is 9. The predicted octanol–water partition coefficient (Wildman–Crippen LogP) is 16.8. The minimum Gasteiger partial charge on any atom is -0.456 e. The number of nitrogens with zero attached hydrogens (tertiary/aromatic N) is 4. The zero-order chi connectivity index (χ0) is 45.4. The number of hydrogen-bond acceptors (Lipinski definition) is 5. The average Bonchev–Trinajstić information content (AvgIpc) is 4.10. The van der Waals surface area contributed by atoms with E-state index in [1.165, 1.54) is 5.56 Å². The van der Waals surface area contributed by atoms with Gasteiger partial charge in [0.2, 0.25) is 0 Å².